The first-order valence-corrected chi connectivity index (χ1v) is 9.76. The van der Waals surface area contributed by atoms with Crippen LogP contribution < -0.4 is 11.1 Å². The molecule has 0 unspecified atom stereocenters. The Morgan fingerprint density at radius 3 is 2.73 bits per heavy atom. The third kappa shape index (κ3) is 5.48. The summed E-state index contributed by atoms with van der Waals surface area (Å²) in [5, 5.41) is 2.60. The quantitative estimate of drug-likeness (QED) is 0.503. The van der Waals surface area contributed by atoms with E-state index in [4.69, 9.17) is 5.73 Å². The third-order valence-corrected chi connectivity index (χ3v) is 4.65. The number of rotatable bonds is 9. The van der Waals surface area contributed by atoms with Crippen LogP contribution in [0, 0.1) is 11.8 Å². The minimum Gasteiger partial charge on any atom is -0.353 e. The lowest BCUT2D eigenvalue weighted by Gasteiger charge is -2.22. The van der Waals surface area contributed by atoms with Crippen LogP contribution in [0.5, 0.6) is 0 Å². The molecule has 3 rings (SSSR count). The highest BCUT2D eigenvalue weighted by Crippen LogP contribution is 2.27. The Morgan fingerprint density at radius 2 is 2.07 bits per heavy atom. The molecule has 0 saturated carbocycles. The van der Waals surface area contributed by atoms with E-state index in [0.717, 1.165) is 11.3 Å². The smallest absolute Gasteiger partial charge is 0.226 e. The number of alkyl halides is 1. The topological polar surface area (TPSA) is 110 Å². The first kappa shape index (κ1) is 21.6. The molecule has 1 atom stereocenters. The lowest BCUT2D eigenvalue weighted by Crippen LogP contribution is -2.41. The van der Waals surface area contributed by atoms with Crippen molar-refractivity contribution in [3.63, 3.8) is 0 Å². The number of benzene rings is 1. The molecule has 0 spiro atoms. The zero-order valence-corrected chi connectivity index (χ0v) is 17.1. The summed E-state index contributed by atoms with van der Waals surface area (Å²) >= 11 is 0. The van der Waals surface area contributed by atoms with Gasteiger partial charge in [0, 0.05) is 37.5 Å². The van der Waals surface area contributed by atoms with E-state index in [2.05, 4.69) is 25.3 Å². The normalized spacial score (nSPS) is 12.5. The summed E-state index contributed by atoms with van der Waals surface area (Å²) in [6.45, 7) is 3.25. The van der Waals surface area contributed by atoms with E-state index in [9.17, 15) is 9.18 Å². The minimum atomic E-state index is -1.27. The zero-order valence-electron chi connectivity index (χ0n) is 17.1. The maximum absolute atomic E-state index is 13.4. The fraction of sp³-hybridized carbons (Fsp3) is 0.318. The van der Waals surface area contributed by atoms with Crippen molar-refractivity contribution in [2.45, 2.75) is 26.4 Å². The molecular formula is C22H26FN6O. The SMILES string of the molecule is CC(C)([CH]c1nc(-c2cnccn2)c(Cc2ccccc2)[nH]1)C(=O)NC[C@H](F)CN. The maximum atomic E-state index is 13.4. The highest BCUT2D eigenvalue weighted by atomic mass is 19.1. The number of carbonyl (C=O) groups is 1. The van der Waals surface area contributed by atoms with Gasteiger partial charge >= 0.3 is 0 Å². The fourth-order valence-electron chi connectivity index (χ4n) is 2.98. The van der Waals surface area contributed by atoms with Gasteiger partial charge in [-0.25, -0.2) is 9.37 Å². The fourth-order valence-corrected chi connectivity index (χ4v) is 2.98. The van der Waals surface area contributed by atoms with Crippen molar-refractivity contribution in [2.24, 2.45) is 11.1 Å². The molecule has 157 valence electrons. The van der Waals surface area contributed by atoms with E-state index >= 15 is 0 Å². The molecule has 30 heavy (non-hydrogen) atoms. The van der Waals surface area contributed by atoms with Gasteiger partial charge in [-0.2, -0.15) is 0 Å². The van der Waals surface area contributed by atoms with E-state index < -0.39 is 11.6 Å². The molecular weight excluding hydrogens is 383 g/mol. The molecule has 2 aromatic heterocycles. The van der Waals surface area contributed by atoms with Crippen molar-refractivity contribution < 1.29 is 9.18 Å². The summed E-state index contributed by atoms with van der Waals surface area (Å²) in [5.74, 6) is 0.234. The standard InChI is InChI=1S/C22H26FN6O/c1-22(2,21(30)27-13-16(23)12-24)11-19-28-17(10-15-6-4-3-5-7-15)20(29-19)18-14-25-8-9-26-18/h3-9,11,14,16H,10,12-13,24H2,1-2H3,(H,27,30)(H,28,29)/t16-/m1/s1. The lowest BCUT2D eigenvalue weighted by molar-refractivity contribution is -0.127. The number of carbonyl (C=O) groups excluding carboxylic acids is 1. The number of H-pyrrole nitrogens is 1. The minimum absolute atomic E-state index is 0.116. The Labute approximate surface area is 175 Å². The molecule has 2 heterocycles. The first-order valence-electron chi connectivity index (χ1n) is 9.76. The van der Waals surface area contributed by atoms with Crippen molar-refractivity contribution >= 4 is 5.91 Å². The highest BCUT2D eigenvalue weighted by Gasteiger charge is 2.30. The second-order valence-corrected chi connectivity index (χ2v) is 7.61. The molecule has 1 amide bonds. The molecule has 0 bridgehead atoms. The predicted octanol–water partition coefficient (Wildman–Crippen LogP) is 2.45. The van der Waals surface area contributed by atoms with Crippen LogP contribution in [0.3, 0.4) is 0 Å². The van der Waals surface area contributed by atoms with Gasteiger partial charge in [0.1, 0.15) is 23.4 Å². The number of nitrogens with zero attached hydrogens (tertiary/aromatic N) is 3. The number of hydrogen-bond donors (Lipinski definition) is 3. The molecule has 1 radical (unpaired) electrons. The van der Waals surface area contributed by atoms with Crippen LogP contribution in [0.2, 0.25) is 0 Å². The monoisotopic (exact) mass is 409 g/mol. The van der Waals surface area contributed by atoms with Crippen LogP contribution in [0.1, 0.15) is 30.9 Å². The maximum Gasteiger partial charge on any atom is 0.226 e. The summed E-state index contributed by atoms with van der Waals surface area (Å²) in [6, 6.07) is 9.99. The second kappa shape index (κ2) is 9.58. The first-order chi connectivity index (χ1) is 14.4. The molecule has 0 saturated heterocycles. The Hall–Kier alpha value is -3.13. The Morgan fingerprint density at radius 1 is 1.30 bits per heavy atom. The summed E-state index contributed by atoms with van der Waals surface area (Å²) in [4.78, 5) is 29.0. The van der Waals surface area contributed by atoms with Crippen LogP contribution >= 0.6 is 0 Å². The number of aromatic amines is 1. The van der Waals surface area contributed by atoms with E-state index in [1.165, 1.54) is 0 Å². The van der Waals surface area contributed by atoms with Gasteiger partial charge in [0.15, 0.2) is 0 Å². The molecule has 0 aliphatic heterocycles. The van der Waals surface area contributed by atoms with Crippen LogP contribution in [0.25, 0.3) is 11.4 Å². The molecule has 1 aromatic carbocycles. The number of halogens is 1. The average molecular weight is 409 g/mol. The molecule has 0 aliphatic rings. The molecule has 3 aromatic rings. The van der Waals surface area contributed by atoms with Crippen molar-refractivity contribution in [1.29, 1.82) is 0 Å². The van der Waals surface area contributed by atoms with Crippen LogP contribution in [-0.2, 0) is 11.2 Å². The van der Waals surface area contributed by atoms with Crippen molar-refractivity contribution in [3.05, 3.63) is 72.4 Å². The number of nitrogens with one attached hydrogen (secondary N) is 2. The van der Waals surface area contributed by atoms with Gasteiger partial charge in [-0.3, -0.25) is 14.8 Å². The van der Waals surface area contributed by atoms with Gasteiger partial charge in [-0.05, 0) is 5.56 Å². The molecule has 4 N–H and O–H groups in total. The number of amides is 1. The largest absolute Gasteiger partial charge is 0.353 e. The van der Waals surface area contributed by atoms with Gasteiger partial charge in [-0.15, -0.1) is 0 Å². The van der Waals surface area contributed by atoms with Gasteiger partial charge in [0.05, 0.1) is 18.2 Å². The predicted molar refractivity (Wildman–Crippen MR) is 113 cm³/mol. The Kier molecular flexibility index (Phi) is 6.89. The number of aromatic nitrogens is 4. The number of hydrogen-bond acceptors (Lipinski definition) is 5. The summed E-state index contributed by atoms with van der Waals surface area (Å²) in [5.41, 5.74) is 7.67. The second-order valence-electron chi connectivity index (χ2n) is 7.61. The molecule has 8 heteroatoms. The molecule has 7 nitrogen and oxygen atoms in total. The summed E-state index contributed by atoms with van der Waals surface area (Å²) < 4.78 is 13.4. The zero-order chi connectivity index (χ0) is 21.6. The number of nitrogens with two attached hydrogens (primary N) is 1. The van der Waals surface area contributed by atoms with E-state index in [0.29, 0.717) is 23.6 Å². The average Bonchev–Trinajstić information content (AvgIpc) is 3.14. The lowest BCUT2D eigenvalue weighted by atomic mass is 9.88. The summed E-state index contributed by atoms with van der Waals surface area (Å²) in [7, 11) is 0. The van der Waals surface area contributed by atoms with Gasteiger partial charge in [0.25, 0.3) is 0 Å². The Bertz CT molecular complexity index is 958. The van der Waals surface area contributed by atoms with E-state index in [1.54, 1.807) is 38.9 Å². The van der Waals surface area contributed by atoms with Crippen LogP contribution in [0.15, 0.2) is 48.9 Å². The third-order valence-electron chi connectivity index (χ3n) is 4.65. The summed E-state index contributed by atoms with van der Waals surface area (Å²) in [6.07, 6.45) is 5.95. The van der Waals surface area contributed by atoms with E-state index in [-0.39, 0.29) is 19.0 Å². The van der Waals surface area contributed by atoms with E-state index in [1.807, 2.05) is 30.3 Å². The van der Waals surface area contributed by atoms with Gasteiger partial charge in [-0.1, -0.05) is 44.2 Å². The van der Waals surface area contributed by atoms with Gasteiger partial charge in [0.2, 0.25) is 5.91 Å². The van der Waals surface area contributed by atoms with Gasteiger partial charge < -0.3 is 16.0 Å². The molecule has 0 fully saturated rings. The highest BCUT2D eigenvalue weighted by molar-refractivity contribution is 5.83. The van der Waals surface area contributed by atoms with Crippen LogP contribution in [-0.4, -0.2) is 45.1 Å². The van der Waals surface area contributed by atoms with Crippen LogP contribution in [0.4, 0.5) is 4.39 Å². The van der Waals surface area contributed by atoms with Crippen molar-refractivity contribution in [1.82, 2.24) is 25.3 Å². The number of imidazole rings is 1. The van der Waals surface area contributed by atoms with Crippen molar-refractivity contribution in [3.8, 4) is 11.4 Å². The Balaban J connectivity index is 1.83. The molecule has 0 aliphatic carbocycles. The van der Waals surface area contributed by atoms with Crippen molar-refractivity contribution in [2.75, 3.05) is 13.1 Å².